The number of unbranched alkanes of at least 4 members (excludes halogenated alkanes) is 12. The second-order valence-corrected chi connectivity index (χ2v) is 20.2. The second kappa shape index (κ2) is 50.3. The number of rotatable bonds is 47. The number of amides is 1. The van der Waals surface area contributed by atoms with Crippen LogP contribution in [0.1, 0.15) is 181 Å². The van der Waals surface area contributed by atoms with Crippen molar-refractivity contribution >= 4 is 13.7 Å². The molecule has 0 heterocycles. The van der Waals surface area contributed by atoms with Crippen molar-refractivity contribution in [1.82, 2.24) is 5.32 Å². The Balaban J connectivity index is 4.49. The molecule has 0 aromatic rings. The van der Waals surface area contributed by atoms with Crippen molar-refractivity contribution < 1.29 is 32.9 Å². The predicted octanol–water partition coefficient (Wildman–Crippen LogP) is 15.9. The Morgan fingerprint density at radius 3 is 1.33 bits per heavy atom. The second-order valence-electron chi connectivity index (χ2n) is 18.8. The lowest BCUT2D eigenvalue weighted by Gasteiger charge is -2.29. The lowest BCUT2D eigenvalue weighted by atomic mass is 10.1. The summed E-state index contributed by atoms with van der Waals surface area (Å²) in [6.07, 6.45) is 77.8. The van der Waals surface area contributed by atoms with Gasteiger partial charge in [0.1, 0.15) is 13.2 Å². The Kier molecular flexibility index (Phi) is 47.7. The Labute approximate surface area is 429 Å². The van der Waals surface area contributed by atoms with Crippen molar-refractivity contribution in [1.29, 1.82) is 0 Å². The lowest BCUT2D eigenvalue weighted by Crippen LogP contribution is -2.45. The van der Waals surface area contributed by atoms with Gasteiger partial charge in [0.05, 0.1) is 39.9 Å². The number of phosphoric acid groups is 1. The summed E-state index contributed by atoms with van der Waals surface area (Å²) in [5.74, 6) is -0.276. The van der Waals surface area contributed by atoms with Crippen LogP contribution < -0.4 is 10.2 Å². The predicted molar refractivity (Wildman–Crippen MR) is 301 cm³/mol. The molecule has 0 aliphatic carbocycles. The van der Waals surface area contributed by atoms with Gasteiger partial charge in [-0.15, -0.1) is 0 Å². The van der Waals surface area contributed by atoms with Crippen molar-refractivity contribution in [2.24, 2.45) is 0 Å². The maximum absolute atomic E-state index is 12.9. The molecule has 0 saturated carbocycles. The van der Waals surface area contributed by atoms with E-state index in [-0.39, 0.29) is 18.9 Å². The van der Waals surface area contributed by atoms with Crippen LogP contribution in [-0.4, -0.2) is 68.5 Å². The standard InChI is InChI=1S/C61H101N2O6P/c1-6-8-10-12-14-16-18-20-22-24-26-27-28-29-30-31-32-33-34-35-37-39-41-43-45-47-49-51-53-55-61(65)62-59(58-69-70(66,67)68-57-56-63(3,4)5)60(64)54-52-50-48-46-44-42-40-38-36-25-23-21-19-17-15-13-11-9-7-2/h8,10,14,16,20,22,26-27,29-30,32-33,35-38,41,43-44,46-47,49,52,54,59-60,64H,6-7,9,11-13,15,17-19,21,23-25,28,31,34,39-40,42,45,48,50-51,53,55-58H2,1-5H3,(H-,62,65,66,67)/b10-8-,16-14-,22-20-,27-26-,30-29-,33-32-,37-35-,38-36+,43-41-,46-44+,49-47-,54-52+. The summed E-state index contributed by atoms with van der Waals surface area (Å²) in [5.41, 5.74) is 0. The van der Waals surface area contributed by atoms with E-state index in [2.05, 4.69) is 153 Å². The van der Waals surface area contributed by atoms with Crippen LogP contribution >= 0.6 is 7.82 Å². The summed E-state index contributed by atoms with van der Waals surface area (Å²) < 4.78 is 23.2. The van der Waals surface area contributed by atoms with E-state index in [1.165, 1.54) is 57.8 Å². The third-order valence-electron chi connectivity index (χ3n) is 11.0. The smallest absolute Gasteiger partial charge is 0.268 e. The van der Waals surface area contributed by atoms with Crippen LogP contribution in [0.25, 0.3) is 0 Å². The van der Waals surface area contributed by atoms with Gasteiger partial charge in [0, 0.05) is 6.42 Å². The molecule has 0 aliphatic rings. The number of allylic oxidation sites excluding steroid dienone is 23. The molecule has 396 valence electrons. The Bertz CT molecular complexity index is 1640. The summed E-state index contributed by atoms with van der Waals surface area (Å²) in [7, 11) is 1.17. The highest BCUT2D eigenvalue weighted by Gasteiger charge is 2.23. The van der Waals surface area contributed by atoms with Crippen molar-refractivity contribution in [3.05, 3.63) is 146 Å². The maximum Gasteiger partial charge on any atom is 0.268 e. The molecule has 0 aliphatic heterocycles. The maximum atomic E-state index is 12.9. The van der Waals surface area contributed by atoms with E-state index in [0.717, 1.165) is 89.9 Å². The molecule has 9 heteroatoms. The van der Waals surface area contributed by atoms with Crippen molar-refractivity contribution in [2.45, 2.75) is 193 Å². The van der Waals surface area contributed by atoms with Gasteiger partial charge in [-0.1, -0.05) is 211 Å². The van der Waals surface area contributed by atoms with Crippen LogP contribution in [0.3, 0.4) is 0 Å². The normalized spacial score (nSPS) is 15.1. The monoisotopic (exact) mass is 989 g/mol. The molecule has 0 aromatic carbocycles. The summed E-state index contributed by atoms with van der Waals surface area (Å²) in [6.45, 7) is 4.43. The van der Waals surface area contributed by atoms with E-state index >= 15 is 0 Å². The van der Waals surface area contributed by atoms with Crippen molar-refractivity contribution in [3.63, 3.8) is 0 Å². The highest BCUT2D eigenvalue weighted by molar-refractivity contribution is 7.45. The molecule has 0 bridgehead atoms. The third kappa shape index (κ3) is 52.2. The largest absolute Gasteiger partial charge is 0.756 e. The number of likely N-dealkylation sites (N-methyl/N-ethyl adjacent to an activating group) is 1. The molecule has 8 nitrogen and oxygen atoms in total. The van der Waals surface area contributed by atoms with Crippen LogP contribution in [-0.2, 0) is 18.4 Å². The van der Waals surface area contributed by atoms with Crippen LogP contribution in [0.5, 0.6) is 0 Å². The minimum absolute atomic E-state index is 0.0288. The molecule has 3 atom stereocenters. The molecule has 70 heavy (non-hydrogen) atoms. The van der Waals surface area contributed by atoms with Gasteiger partial charge in [-0.25, -0.2) is 0 Å². The Morgan fingerprint density at radius 2 is 0.886 bits per heavy atom. The quantitative estimate of drug-likeness (QED) is 0.0272. The molecule has 0 rings (SSSR count). The number of aliphatic hydroxyl groups is 1. The van der Waals surface area contributed by atoms with E-state index in [1.54, 1.807) is 6.08 Å². The molecule has 0 spiro atoms. The minimum Gasteiger partial charge on any atom is -0.756 e. The first-order valence-electron chi connectivity index (χ1n) is 27.2. The summed E-state index contributed by atoms with van der Waals surface area (Å²) in [6, 6.07) is -0.953. The van der Waals surface area contributed by atoms with E-state index < -0.39 is 26.6 Å². The number of aliphatic hydroxyl groups excluding tert-OH is 1. The van der Waals surface area contributed by atoms with Gasteiger partial charge in [0.15, 0.2) is 0 Å². The summed E-state index contributed by atoms with van der Waals surface area (Å²) in [5, 5.41) is 13.8. The van der Waals surface area contributed by atoms with Gasteiger partial charge in [-0.3, -0.25) is 9.36 Å². The first kappa shape index (κ1) is 66.4. The average Bonchev–Trinajstić information content (AvgIpc) is 3.32. The van der Waals surface area contributed by atoms with Crippen LogP contribution in [0.2, 0.25) is 0 Å². The van der Waals surface area contributed by atoms with E-state index in [1.807, 2.05) is 27.2 Å². The molecule has 0 saturated heterocycles. The SMILES string of the molecule is CC/C=C\C/C=C\C/C=C\C/C=C\C/C=C\C/C=C\C/C=C\C/C=C\C/C=C\CCCC(=O)NC(COP(=O)([O-])OCC[N+](C)(C)C)C(O)/C=C/CC/C=C/CC/C=C/CCCCCCCCCCC. The molecule has 2 N–H and O–H groups in total. The molecule has 0 fully saturated rings. The zero-order chi connectivity index (χ0) is 51.3. The van der Waals surface area contributed by atoms with E-state index in [0.29, 0.717) is 23.9 Å². The summed E-state index contributed by atoms with van der Waals surface area (Å²) >= 11 is 0. The minimum atomic E-state index is -4.63. The first-order chi connectivity index (χ1) is 34.0. The van der Waals surface area contributed by atoms with Crippen molar-refractivity contribution in [3.8, 4) is 0 Å². The zero-order valence-electron chi connectivity index (χ0n) is 44.9. The number of phosphoric ester groups is 1. The van der Waals surface area contributed by atoms with Crippen LogP contribution in [0, 0.1) is 0 Å². The van der Waals surface area contributed by atoms with E-state index in [4.69, 9.17) is 9.05 Å². The fourth-order valence-corrected chi connectivity index (χ4v) is 7.49. The van der Waals surface area contributed by atoms with E-state index in [9.17, 15) is 19.4 Å². The molecular weight excluding hydrogens is 888 g/mol. The third-order valence-corrected chi connectivity index (χ3v) is 12.0. The molecule has 1 amide bonds. The van der Waals surface area contributed by atoms with Gasteiger partial charge in [-0.05, 0) is 109 Å². The van der Waals surface area contributed by atoms with Crippen LogP contribution in [0.4, 0.5) is 0 Å². The number of quaternary nitrogens is 1. The lowest BCUT2D eigenvalue weighted by molar-refractivity contribution is -0.870. The van der Waals surface area contributed by atoms with Gasteiger partial charge in [0.2, 0.25) is 5.91 Å². The number of nitrogens with one attached hydrogen (secondary N) is 1. The zero-order valence-corrected chi connectivity index (χ0v) is 45.8. The van der Waals surface area contributed by atoms with Gasteiger partial charge < -0.3 is 28.8 Å². The Morgan fingerprint density at radius 1 is 0.514 bits per heavy atom. The number of hydrogen-bond acceptors (Lipinski definition) is 6. The number of carbonyl (C=O) groups excluding carboxylic acids is 1. The molecule has 0 aromatic heterocycles. The fourth-order valence-electron chi connectivity index (χ4n) is 6.77. The van der Waals surface area contributed by atoms with Gasteiger partial charge >= 0.3 is 0 Å². The average molecular weight is 989 g/mol. The highest BCUT2D eigenvalue weighted by atomic mass is 31.2. The Hall–Kier alpha value is -3.62. The number of carbonyl (C=O) groups is 1. The molecular formula is C61H101N2O6P. The van der Waals surface area contributed by atoms with Gasteiger partial charge in [0.25, 0.3) is 7.82 Å². The molecule has 0 radical (unpaired) electrons. The summed E-state index contributed by atoms with van der Waals surface area (Å²) in [4.78, 5) is 25.4. The number of hydrogen-bond donors (Lipinski definition) is 2. The topological polar surface area (TPSA) is 108 Å². The number of nitrogens with zero attached hydrogens (tertiary/aromatic N) is 1. The van der Waals surface area contributed by atoms with Crippen LogP contribution in [0.15, 0.2) is 146 Å². The fraction of sp³-hybridized carbons (Fsp3) is 0.590. The van der Waals surface area contributed by atoms with Gasteiger partial charge in [-0.2, -0.15) is 0 Å². The van der Waals surface area contributed by atoms with Crippen molar-refractivity contribution in [2.75, 3.05) is 40.9 Å². The molecule has 3 unspecified atom stereocenters. The highest BCUT2D eigenvalue weighted by Crippen LogP contribution is 2.38. The first-order valence-corrected chi connectivity index (χ1v) is 28.7.